The summed E-state index contributed by atoms with van der Waals surface area (Å²) in [5.41, 5.74) is 4.17. The van der Waals surface area contributed by atoms with Crippen LogP contribution in [0, 0.1) is 0 Å². The number of rotatable bonds is 5. The summed E-state index contributed by atoms with van der Waals surface area (Å²) in [5.74, 6) is 0.754. The summed E-state index contributed by atoms with van der Waals surface area (Å²) >= 11 is 0. The Hall–Kier alpha value is -3.40. The summed E-state index contributed by atoms with van der Waals surface area (Å²) < 4.78 is 5.87. The molecule has 1 aliphatic rings. The van der Waals surface area contributed by atoms with E-state index in [1.807, 2.05) is 84.9 Å². The van der Waals surface area contributed by atoms with Crippen LogP contribution in [0.4, 0.5) is 0 Å². The predicted octanol–water partition coefficient (Wildman–Crippen LogP) is 4.96. The maximum absolute atomic E-state index is 12.1. The van der Waals surface area contributed by atoms with E-state index in [0.717, 1.165) is 28.2 Å². The van der Waals surface area contributed by atoms with Gasteiger partial charge in [0.25, 0.3) is 0 Å². The first-order valence-corrected chi connectivity index (χ1v) is 9.40. The number of carbonyl (C=O) groups excluding carboxylic acids is 1. The standard InChI is InChI=1S/C24H22N2O2/c1-18(27)26-24(16-23(25-26)20-10-6-3-7-11-20)21-12-14-22(15-13-21)28-17-19-8-4-2-5-9-19/h2-15,24H,16-17H2,1H3. The predicted molar refractivity (Wildman–Crippen MR) is 110 cm³/mol. The molecule has 3 aromatic carbocycles. The molecule has 0 saturated heterocycles. The second-order valence-electron chi connectivity index (χ2n) is 6.84. The number of carbonyl (C=O) groups is 1. The molecule has 1 amide bonds. The maximum atomic E-state index is 12.1. The van der Waals surface area contributed by atoms with Crippen LogP contribution in [0.1, 0.15) is 36.1 Å². The molecule has 1 aliphatic heterocycles. The molecule has 0 spiro atoms. The van der Waals surface area contributed by atoms with E-state index in [4.69, 9.17) is 4.74 Å². The highest BCUT2D eigenvalue weighted by Gasteiger charge is 2.31. The van der Waals surface area contributed by atoms with Crippen molar-refractivity contribution in [1.82, 2.24) is 5.01 Å². The number of hydrazone groups is 1. The first kappa shape index (κ1) is 18.0. The number of hydrogen-bond acceptors (Lipinski definition) is 3. The Labute approximate surface area is 165 Å². The van der Waals surface area contributed by atoms with Gasteiger partial charge in [-0.15, -0.1) is 0 Å². The summed E-state index contributed by atoms with van der Waals surface area (Å²) in [5, 5.41) is 6.17. The molecule has 4 rings (SSSR count). The first-order valence-electron chi connectivity index (χ1n) is 9.40. The molecule has 1 atom stereocenters. The molecular formula is C24H22N2O2. The molecule has 0 bridgehead atoms. The number of nitrogens with zero attached hydrogens (tertiary/aromatic N) is 2. The summed E-state index contributed by atoms with van der Waals surface area (Å²) in [6.45, 7) is 2.09. The van der Waals surface area contributed by atoms with Crippen LogP contribution in [-0.2, 0) is 11.4 Å². The van der Waals surface area contributed by atoms with Gasteiger partial charge in [0.05, 0.1) is 11.8 Å². The average molecular weight is 370 g/mol. The number of benzene rings is 3. The zero-order chi connectivity index (χ0) is 19.3. The van der Waals surface area contributed by atoms with E-state index < -0.39 is 0 Å². The lowest BCUT2D eigenvalue weighted by molar-refractivity contribution is -0.130. The Morgan fingerprint density at radius 3 is 2.25 bits per heavy atom. The van der Waals surface area contributed by atoms with Gasteiger partial charge in [-0.25, -0.2) is 5.01 Å². The Balaban J connectivity index is 1.48. The van der Waals surface area contributed by atoms with Crippen molar-refractivity contribution in [1.29, 1.82) is 0 Å². The molecule has 0 aliphatic carbocycles. The van der Waals surface area contributed by atoms with Gasteiger partial charge in [-0.3, -0.25) is 4.79 Å². The van der Waals surface area contributed by atoms with Gasteiger partial charge in [-0.2, -0.15) is 5.10 Å². The molecule has 140 valence electrons. The van der Waals surface area contributed by atoms with Gasteiger partial charge >= 0.3 is 0 Å². The Morgan fingerprint density at radius 2 is 1.61 bits per heavy atom. The van der Waals surface area contributed by atoms with Gasteiger partial charge in [0.1, 0.15) is 12.4 Å². The second-order valence-corrected chi connectivity index (χ2v) is 6.84. The van der Waals surface area contributed by atoms with Gasteiger partial charge in [0.2, 0.25) is 5.91 Å². The van der Waals surface area contributed by atoms with Crippen molar-refractivity contribution >= 4 is 11.6 Å². The van der Waals surface area contributed by atoms with Crippen molar-refractivity contribution in [3.63, 3.8) is 0 Å². The van der Waals surface area contributed by atoms with Crippen LogP contribution in [0.15, 0.2) is 90.0 Å². The quantitative estimate of drug-likeness (QED) is 0.637. The topological polar surface area (TPSA) is 41.9 Å². The van der Waals surface area contributed by atoms with Crippen LogP contribution in [-0.4, -0.2) is 16.6 Å². The molecule has 0 saturated carbocycles. The lowest BCUT2D eigenvalue weighted by Gasteiger charge is -2.20. The largest absolute Gasteiger partial charge is 0.489 e. The molecule has 28 heavy (non-hydrogen) atoms. The van der Waals surface area contributed by atoms with Gasteiger partial charge < -0.3 is 4.74 Å². The Bertz CT molecular complexity index is 967. The Kier molecular flexibility index (Phi) is 5.20. The molecule has 0 radical (unpaired) electrons. The highest BCUT2D eigenvalue weighted by Crippen LogP contribution is 2.33. The fraction of sp³-hybridized carbons (Fsp3) is 0.167. The number of amides is 1. The lowest BCUT2D eigenvalue weighted by Crippen LogP contribution is -2.24. The zero-order valence-electron chi connectivity index (χ0n) is 15.8. The molecule has 4 heteroatoms. The van der Waals surface area contributed by atoms with E-state index in [0.29, 0.717) is 13.0 Å². The van der Waals surface area contributed by atoms with Crippen LogP contribution in [0.2, 0.25) is 0 Å². The smallest absolute Gasteiger partial charge is 0.240 e. The highest BCUT2D eigenvalue weighted by molar-refractivity contribution is 6.03. The van der Waals surface area contributed by atoms with Gasteiger partial charge in [-0.05, 0) is 28.8 Å². The SMILES string of the molecule is CC(=O)N1N=C(c2ccccc2)CC1c1ccc(OCc2ccccc2)cc1. The van der Waals surface area contributed by atoms with Crippen molar-refractivity contribution < 1.29 is 9.53 Å². The van der Waals surface area contributed by atoms with E-state index in [1.165, 1.54) is 0 Å². The summed E-state index contributed by atoms with van der Waals surface area (Å²) in [4.78, 5) is 12.1. The fourth-order valence-corrected chi connectivity index (χ4v) is 3.39. The highest BCUT2D eigenvalue weighted by atomic mass is 16.5. The summed E-state index contributed by atoms with van der Waals surface area (Å²) in [6, 6.07) is 28.0. The number of ether oxygens (including phenoxy) is 1. The van der Waals surface area contributed by atoms with Crippen molar-refractivity contribution in [3.05, 3.63) is 102 Å². The van der Waals surface area contributed by atoms with Crippen LogP contribution in [0.25, 0.3) is 0 Å². The van der Waals surface area contributed by atoms with Gasteiger partial charge in [-0.1, -0.05) is 72.8 Å². The van der Waals surface area contributed by atoms with Crippen molar-refractivity contribution in [3.8, 4) is 5.75 Å². The van der Waals surface area contributed by atoms with Crippen LogP contribution in [0.3, 0.4) is 0 Å². The molecule has 0 N–H and O–H groups in total. The molecule has 1 unspecified atom stereocenters. The van der Waals surface area contributed by atoms with Crippen molar-refractivity contribution in [2.75, 3.05) is 0 Å². The molecule has 3 aromatic rings. The minimum Gasteiger partial charge on any atom is -0.489 e. The fourth-order valence-electron chi connectivity index (χ4n) is 3.39. The maximum Gasteiger partial charge on any atom is 0.240 e. The van der Waals surface area contributed by atoms with E-state index in [-0.39, 0.29) is 11.9 Å². The molecule has 0 fully saturated rings. The Morgan fingerprint density at radius 1 is 0.964 bits per heavy atom. The van der Waals surface area contributed by atoms with Crippen LogP contribution < -0.4 is 4.74 Å². The average Bonchev–Trinajstić information content (AvgIpc) is 3.20. The zero-order valence-corrected chi connectivity index (χ0v) is 15.8. The normalized spacial score (nSPS) is 16.0. The third kappa shape index (κ3) is 3.96. The number of hydrogen-bond donors (Lipinski definition) is 0. The summed E-state index contributed by atoms with van der Waals surface area (Å²) in [7, 11) is 0. The van der Waals surface area contributed by atoms with Gasteiger partial charge in [0, 0.05) is 13.3 Å². The third-order valence-electron chi connectivity index (χ3n) is 4.85. The summed E-state index contributed by atoms with van der Waals surface area (Å²) in [6.07, 6.45) is 0.702. The minimum absolute atomic E-state index is 0.0552. The van der Waals surface area contributed by atoms with Crippen LogP contribution in [0.5, 0.6) is 5.75 Å². The molecule has 0 aromatic heterocycles. The van der Waals surface area contributed by atoms with E-state index >= 15 is 0 Å². The molecule has 4 nitrogen and oxygen atoms in total. The van der Waals surface area contributed by atoms with E-state index in [2.05, 4.69) is 5.10 Å². The second kappa shape index (κ2) is 8.09. The van der Waals surface area contributed by atoms with Crippen molar-refractivity contribution in [2.45, 2.75) is 26.0 Å². The molecular weight excluding hydrogens is 348 g/mol. The third-order valence-corrected chi connectivity index (χ3v) is 4.85. The van der Waals surface area contributed by atoms with Gasteiger partial charge in [0.15, 0.2) is 0 Å². The lowest BCUT2D eigenvalue weighted by atomic mass is 9.98. The van der Waals surface area contributed by atoms with Crippen LogP contribution >= 0.6 is 0 Å². The van der Waals surface area contributed by atoms with Crippen molar-refractivity contribution in [2.24, 2.45) is 5.10 Å². The first-order chi connectivity index (χ1) is 13.7. The molecule has 1 heterocycles. The monoisotopic (exact) mass is 370 g/mol. The van der Waals surface area contributed by atoms with E-state index in [9.17, 15) is 4.79 Å². The minimum atomic E-state index is -0.0871. The van der Waals surface area contributed by atoms with E-state index in [1.54, 1.807) is 11.9 Å².